The zero-order chi connectivity index (χ0) is 15.5. The minimum absolute atomic E-state index is 0. The SMILES string of the molecule is COC(=O)c1coc(CN2CCNCC2c2nccn2C)c1.Cl. The number of imidazole rings is 1. The third kappa shape index (κ3) is 3.74. The average molecular weight is 341 g/mol. The summed E-state index contributed by atoms with van der Waals surface area (Å²) in [7, 11) is 3.36. The summed E-state index contributed by atoms with van der Waals surface area (Å²) in [5, 5.41) is 3.40. The lowest BCUT2D eigenvalue weighted by molar-refractivity contribution is 0.0600. The molecule has 0 radical (unpaired) electrons. The zero-order valence-electron chi connectivity index (χ0n) is 13.2. The van der Waals surface area contributed by atoms with Gasteiger partial charge in [0.25, 0.3) is 0 Å². The molecule has 2 aromatic heterocycles. The summed E-state index contributed by atoms with van der Waals surface area (Å²) in [5.74, 6) is 1.39. The molecule has 8 heteroatoms. The third-order valence-corrected chi connectivity index (χ3v) is 3.94. The van der Waals surface area contributed by atoms with Crippen LogP contribution in [0.25, 0.3) is 0 Å². The fourth-order valence-electron chi connectivity index (χ4n) is 2.78. The average Bonchev–Trinajstić information content (AvgIpc) is 3.16. The van der Waals surface area contributed by atoms with Crippen LogP contribution in [0.1, 0.15) is 28.0 Å². The smallest absolute Gasteiger partial charge is 0.341 e. The third-order valence-electron chi connectivity index (χ3n) is 3.94. The van der Waals surface area contributed by atoms with Crippen LogP contribution >= 0.6 is 12.4 Å². The second kappa shape index (κ2) is 7.63. The van der Waals surface area contributed by atoms with E-state index in [0.29, 0.717) is 12.1 Å². The predicted molar refractivity (Wildman–Crippen MR) is 86.5 cm³/mol. The highest BCUT2D eigenvalue weighted by molar-refractivity contribution is 5.88. The van der Waals surface area contributed by atoms with Crippen LogP contribution in [0.5, 0.6) is 0 Å². The molecular weight excluding hydrogens is 320 g/mol. The molecule has 0 aliphatic carbocycles. The van der Waals surface area contributed by atoms with Crippen molar-refractivity contribution >= 4 is 18.4 Å². The van der Waals surface area contributed by atoms with Gasteiger partial charge in [-0.3, -0.25) is 4.90 Å². The van der Waals surface area contributed by atoms with Crippen LogP contribution in [0, 0.1) is 0 Å². The highest BCUT2D eigenvalue weighted by atomic mass is 35.5. The molecule has 1 fully saturated rings. The molecular formula is C15H21ClN4O3. The number of carbonyl (C=O) groups excluding carboxylic acids is 1. The van der Waals surface area contributed by atoms with Gasteiger partial charge in [-0.1, -0.05) is 0 Å². The molecule has 0 saturated carbocycles. The standard InChI is InChI=1S/C15H20N4O3.ClH/c1-18-5-4-17-14(18)13-8-16-3-6-19(13)9-12-7-11(10-22-12)15(20)21-2;/h4-5,7,10,13,16H,3,6,8-9H2,1-2H3;1H. The lowest BCUT2D eigenvalue weighted by Crippen LogP contribution is -2.46. The number of nitrogens with zero attached hydrogens (tertiary/aromatic N) is 3. The molecule has 2 aromatic rings. The maximum atomic E-state index is 11.5. The Morgan fingerprint density at radius 1 is 1.57 bits per heavy atom. The summed E-state index contributed by atoms with van der Waals surface area (Å²) in [6.07, 6.45) is 5.20. The molecule has 1 N–H and O–H groups in total. The Hall–Kier alpha value is -1.83. The normalized spacial score (nSPS) is 18.4. The van der Waals surface area contributed by atoms with E-state index in [1.54, 1.807) is 6.07 Å². The van der Waals surface area contributed by atoms with Gasteiger partial charge in [0.2, 0.25) is 0 Å². The first-order valence-electron chi connectivity index (χ1n) is 7.26. The summed E-state index contributed by atoms with van der Waals surface area (Å²) in [6.45, 7) is 3.29. The number of halogens is 1. The first kappa shape index (κ1) is 17.5. The molecule has 1 atom stereocenters. The van der Waals surface area contributed by atoms with Crippen LogP contribution in [0.3, 0.4) is 0 Å². The number of rotatable bonds is 4. The van der Waals surface area contributed by atoms with Crippen molar-refractivity contribution in [2.45, 2.75) is 12.6 Å². The number of furan rings is 1. The molecule has 3 heterocycles. The van der Waals surface area contributed by atoms with Crippen LogP contribution in [-0.4, -0.2) is 47.2 Å². The van der Waals surface area contributed by atoms with E-state index in [1.165, 1.54) is 13.4 Å². The van der Waals surface area contributed by atoms with E-state index >= 15 is 0 Å². The molecule has 0 bridgehead atoms. The van der Waals surface area contributed by atoms with Gasteiger partial charge in [0.15, 0.2) is 0 Å². The highest BCUT2D eigenvalue weighted by Crippen LogP contribution is 2.23. The van der Waals surface area contributed by atoms with Crippen LogP contribution in [0.15, 0.2) is 29.1 Å². The number of aryl methyl sites for hydroxylation is 1. The van der Waals surface area contributed by atoms with Crippen molar-refractivity contribution in [1.29, 1.82) is 0 Å². The number of ether oxygens (including phenoxy) is 1. The van der Waals surface area contributed by atoms with Crippen molar-refractivity contribution in [2.75, 3.05) is 26.7 Å². The van der Waals surface area contributed by atoms with Gasteiger partial charge in [-0.05, 0) is 6.07 Å². The van der Waals surface area contributed by atoms with Crippen LogP contribution < -0.4 is 5.32 Å². The van der Waals surface area contributed by atoms with E-state index in [4.69, 9.17) is 9.15 Å². The molecule has 126 valence electrons. The number of methoxy groups -OCH3 is 1. The van der Waals surface area contributed by atoms with E-state index in [1.807, 2.05) is 24.0 Å². The molecule has 7 nitrogen and oxygen atoms in total. The van der Waals surface area contributed by atoms with Gasteiger partial charge in [-0.2, -0.15) is 0 Å². The summed E-state index contributed by atoms with van der Waals surface area (Å²) >= 11 is 0. The second-order valence-corrected chi connectivity index (χ2v) is 5.38. The van der Waals surface area contributed by atoms with E-state index in [-0.39, 0.29) is 24.4 Å². The van der Waals surface area contributed by atoms with Crippen LogP contribution in [0.2, 0.25) is 0 Å². The van der Waals surface area contributed by atoms with E-state index in [9.17, 15) is 4.79 Å². The lowest BCUT2D eigenvalue weighted by Gasteiger charge is -2.35. The number of carbonyl (C=O) groups is 1. The molecule has 0 aromatic carbocycles. The predicted octanol–water partition coefficient (Wildman–Crippen LogP) is 1.37. The van der Waals surface area contributed by atoms with Crippen LogP contribution in [-0.2, 0) is 18.3 Å². The van der Waals surface area contributed by atoms with Gasteiger partial charge in [-0.25, -0.2) is 9.78 Å². The van der Waals surface area contributed by atoms with Crippen molar-refractivity contribution in [3.05, 3.63) is 41.9 Å². The topological polar surface area (TPSA) is 72.5 Å². The first-order chi connectivity index (χ1) is 10.7. The number of hydrogen-bond acceptors (Lipinski definition) is 6. The fraction of sp³-hybridized carbons (Fsp3) is 0.467. The van der Waals surface area contributed by atoms with E-state index < -0.39 is 0 Å². The molecule has 23 heavy (non-hydrogen) atoms. The van der Waals surface area contributed by atoms with Crippen molar-refractivity contribution < 1.29 is 13.9 Å². The summed E-state index contributed by atoms with van der Waals surface area (Å²) in [5.41, 5.74) is 0.446. The molecule has 0 spiro atoms. The van der Waals surface area contributed by atoms with Crippen LogP contribution in [0.4, 0.5) is 0 Å². The number of nitrogens with one attached hydrogen (secondary N) is 1. The Balaban J connectivity index is 0.00000192. The number of esters is 1. The number of aromatic nitrogens is 2. The Bertz CT molecular complexity index is 655. The zero-order valence-corrected chi connectivity index (χ0v) is 14.0. The molecule has 0 amide bonds. The molecule has 1 unspecified atom stereocenters. The van der Waals surface area contributed by atoms with E-state index in [0.717, 1.165) is 31.2 Å². The Labute approximate surface area is 141 Å². The molecule has 3 rings (SSSR count). The van der Waals surface area contributed by atoms with Gasteiger partial charge in [0.05, 0.1) is 25.3 Å². The second-order valence-electron chi connectivity index (χ2n) is 5.38. The minimum Gasteiger partial charge on any atom is -0.467 e. The van der Waals surface area contributed by atoms with Gasteiger partial charge >= 0.3 is 5.97 Å². The van der Waals surface area contributed by atoms with E-state index in [2.05, 4.69) is 15.2 Å². The van der Waals surface area contributed by atoms with Crippen molar-refractivity contribution in [1.82, 2.24) is 19.8 Å². The van der Waals surface area contributed by atoms with Crippen molar-refractivity contribution in [2.24, 2.45) is 7.05 Å². The maximum absolute atomic E-state index is 11.5. The quantitative estimate of drug-likeness (QED) is 0.847. The summed E-state index contributed by atoms with van der Waals surface area (Å²) in [4.78, 5) is 18.3. The minimum atomic E-state index is -0.379. The van der Waals surface area contributed by atoms with Gasteiger partial charge in [-0.15, -0.1) is 12.4 Å². The fourth-order valence-corrected chi connectivity index (χ4v) is 2.78. The Kier molecular flexibility index (Phi) is 5.81. The molecule has 1 saturated heterocycles. The molecule has 1 aliphatic heterocycles. The first-order valence-corrected chi connectivity index (χ1v) is 7.26. The summed E-state index contributed by atoms with van der Waals surface area (Å²) in [6, 6.07) is 1.92. The van der Waals surface area contributed by atoms with Gasteiger partial charge in [0, 0.05) is 39.1 Å². The largest absolute Gasteiger partial charge is 0.467 e. The van der Waals surface area contributed by atoms with Crippen molar-refractivity contribution in [3.8, 4) is 0 Å². The summed E-state index contributed by atoms with van der Waals surface area (Å²) < 4.78 is 12.2. The monoisotopic (exact) mass is 340 g/mol. The number of hydrogen-bond donors (Lipinski definition) is 1. The Morgan fingerprint density at radius 3 is 3.09 bits per heavy atom. The molecule has 1 aliphatic rings. The van der Waals surface area contributed by atoms with Gasteiger partial charge < -0.3 is 19.0 Å². The van der Waals surface area contributed by atoms with Gasteiger partial charge in [0.1, 0.15) is 17.8 Å². The Morgan fingerprint density at radius 2 is 2.39 bits per heavy atom. The number of piperazine rings is 1. The highest BCUT2D eigenvalue weighted by Gasteiger charge is 2.27. The maximum Gasteiger partial charge on any atom is 0.341 e. The van der Waals surface area contributed by atoms with Crippen molar-refractivity contribution in [3.63, 3.8) is 0 Å². The lowest BCUT2D eigenvalue weighted by atomic mass is 10.1.